The highest BCUT2D eigenvalue weighted by Crippen LogP contribution is 2.15. The van der Waals surface area contributed by atoms with Gasteiger partial charge in [0.1, 0.15) is 0 Å². The van der Waals surface area contributed by atoms with Gasteiger partial charge in [0.2, 0.25) is 0 Å². The first-order valence-electron chi connectivity index (χ1n) is 6.12. The van der Waals surface area contributed by atoms with Crippen LogP contribution in [0.1, 0.15) is 47.5 Å². The third-order valence-electron chi connectivity index (χ3n) is 2.24. The van der Waals surface area contributed by atoms with E-state index in [0.29, 0.717) is 0 Å². The van der Waals surface area contributed by atoms with Crippen molar-refractivity contribution in [3.8, 4) is 0 Å². The van der Waals surface area contributed by atoms with Crippen LogP contribution in [-0.2, 0) is 4.79 Å². The van der Waals surface area contributed by atoms with Crippen LogP contribution in [0.15, 0.2) is 0 Å². The highest BCUT2D eigenvalue weighted by atomic mass is 16.4. The lowest BCUT2D eigenvalue weighted by atomic mass is 9.99. The summed E-state index contributed by atoms with van der Waals surface area (Å²) in [7, 11) is 0. The van der Waals surface area contributed by atoms with Gasteiger partial charge < -0.3 is 5.11 Å². The Kier molecular flexibility index (Phi) is 12.9. The van der Waals surface area contributed by atoms with E-state index < -0.39 is 5.97 Å². The fraction of sp³-hybridized carbons (Fsp3) is 0.917. The van der Waals surface area contributed by atoms with E-state index in [0.717, 1.165) is 31.8 Å². The highest BCUT2D eigenvalue weighted by Gasteiger charge is 2.16. The van der Waals surface area contributed by atoms with Crippen LogP contribution in [0.3, 0.4) is 0 Å². The molecular formula is C12H27NO2. The average Bonchev–Trinajstić information content (AvgIpc) is 2.27. The van der Waals surface area contributed by atoms with E-state index in [9.17, 15) is 4.79 Å². The van der Waals surface area contributed by atoms with E-state index in [-0.39, 0.29) is 6.54 Å². The molecule has 0 radical (unpaired) electrons. The van der Waals surface area contributed by atoms with Gasteiger partial charge in [-0.1, -0.05) is 34.6 Å². The Labute approximate surface area is 94.5 Å². The Hall–Kier alpha value is -0.570. The second-order valence-electron chi connectivity index (χ2n) is 3.35. The zero-order valence-electron chi connectivity index (χ0n) is 10.9. The molecule has 92 valence electrons. The summed E-state index contributed by atoms with van der Waals surface area (Å²) in [5, 5.41) is 8.49. The summed E-state index contributed by atoms with van der Waals surface area (Å²) in [6.45, 7) is 12.3. The molecule has 1 fully saturated rings. The zero-order valence-corrected chi connectivity index (χ0v) is 10.9. The summed E-state index contributed by atoms with van der Waals surface area (Å²) in [5.74, 6) is 0.0691. The maximum atomic E-state index is 10.3. The first-order chi connectivity index (χ1) is 7.18. The second-order valence-corrected chi connectivity index (χ2v) is 3.35. The second kappa shape index (κ2) is 11.5. The van der Waals surface area contributed by atoms with Crippen molar-refractivity contribution in [2.75, 3.05) is 19.6 Å². The van der Waals surface area contributed by atoms with Crippen molar-refractivity contribution < 1.29 is 9.90 Å². The minimum Gasteiger partial charge on any atom is -0.480 e. The molecule has 0 amide bonds. The standard InChI is InChI=1S/C8H15NO2.2C2H6/c1-7-2-4-9(5-3-7)6-8(10)11;2*1-2/h7H,2-6H2,1H3,(H,10,11);2*1-2H3. The quantitative estimate of drug-likeness (QED) is 0.773. The molecule has 1 N–H and O–H groups in total. The Morgan fingerprint density at radius 3 is 1.93 bits per heavy atom. The molecule has 1 rings (SSSR count). The van der Waals surface area contributed by atoms with Crippen LogP contribution in [0.4, 0.5) is 0 Å². The predicted molar refractivity (Wildman–Crippen MR) is 65.2 cm³/mol. The largest absolute Gasteiger partial charge is 0.480 e. The number of hydrogen-bond donors (Lipinski definition) is 1. The molecule has 15 heavy (non-hydrogen) atoms. The van der Waals surface area contributed by atoms with Crippen LogP contribution in [0, 0.1) is 5.92 Å². The SMILES string of the molecule is CC.CC.CC1CCN(CC(=O)O)CC1. The number of rotatable bonds is 2. The number of likely N-dealkylation sites (tertiary alicyclic amines) is 1. The zero-order chi connectivity index (χ0) is 12.3. The lowest BCUT2D eigenvalue weighted by molar-refractivity contribution is -0.138. The molecule has 1 heterocycles. The van der Waals surface area contributed by atoms with Crippen LogP contribution in [0.5, 0.6) is 0 Å². The monoisotopic (exact) mass is 217 g/mol. The minimum absolute atomic E-state index is 0.215. The molecule has 0 atom stereocenters. The van der Waals surface area contributed by atoms with Crippen LogP contribution in [-0.4, -0.2) is 35.6 Å². The molecule has 0 aromatic rings. The molecule has 3 heteroatoms. The van der Waals surface area contributed by atoms with Gasteiger partial charge in [0.05, 0.1) is 6.54 Å². The lowest BCUT2D eigenvalue weighted by Gasteiger charge is -2.28. The van der Waals surface area contributed by atoms with Gasteiger partial charge in [-0.05, 0) is 31.8 Å². The first-order valence-corrected chi connectivity index (χ1v) is 6.12. The number of hydrogen-bond acceptors (Lipinski definition) is 2. The van der Waals surface area contributed by atoms with Gasteiger partial charge in [0, 0.05) is 0 Å². The molecule has 0 aliphatic carbocycles. The Morgan fingerprint density at radius 2 is 1.60 bits per heavy atom. The van der Waals surface area contributed by atoms with Crippen molar-refractivity contribution in [3.63, 3.8) is 0 Å². The van der Waals surface area contributed by atoms with Crippen LogP contribution in [0.25, 0.3) is 0 Å². The van der Waals surface area contributed by atoms with E-state index in [4.69, 9.17) is 5.11 Å². The van der Waals surface area contributed by atoms with E-state index >= 15 is 0 Å². The maximum absolute atomic E-state index is 10.3. The number of carbonyl (C=O) groups is 1. The summed E-state index contributed by atoms with van der Waals surface area (Å²) in [4.78, 5) is 12.3. The van der Waals surface area contributed by atoms with Gasteiger partial charge >= 0.3 is 5.97 Å². The molecule has 1 aliphatic rings. The fourth-order valence-electron chi connectivity index (χ4n) is 1.41. The molecular weight excluding hydrogens is 190 g/mol. The molecule has 1 saturated heterocycles. The van der Waals surface area contributed by atoms with Gasteiger partial charge in [-0.15, -0.1) is 0 Å². The summed E-state index contributed by atoms with van der Waals surface area (Å²) in [6.07, 6.45) is 2.29. The topological polar surface area (TPSA) is 40.5 Å². The molecule has 3 nitrogen and oxygen atoms in total. The predicted octanol–water partition coefficient (Wildman–Crippen LogP) is 2.86. The normalized spacial score (nSPS) is 16.9. The van der Waals surface area contributed by atoms with Crippen molar-refractivity contribution in [1.29, 1.82) is 0 Å². The van der Waals surface area contributed by atoms with Crippen molar-refractivity contribution in [2.45, 2.75) is 47.5 Å². The van der Waals surface area contributed by atoms with E-state index in [1.807, 2.05) is 32.6 Å². The minimum atomic E-state index is -0.709. The van der Waals surface area contributed by atoms with E-state index in [2.05, 4.69) is 6.92 Å². The van der Waals surface area contributed by atoms with Crippen molar-refractivity contribution in [3.05, 3.63) is 0 Å². The maximum Gasteiger partial charge on any atom is 0.317 e. The van der Waals surface area contributed by atoms with Crippen molar-refractivity contribution >= 4 is 5.97 Å². The summed E-state index contributed by atoms with van der Waals surface area (Å²) >= 11 is 0. The number of aliphatic carboxylic acids is 1. The van der Waals surface area contributed by atoms with Gasteiger partial charge in [-0.3, -0.25) is 9.69 Å². The molecule has 0 unspecified atom stereocenters. The van der Waals surface area contributed by atoms with Gasteiger partial charge in [-0.2, -0.15) is 0 Å². The average molecular weight is 217 g/mol. The number of carboxylic acids is 1. The molecule has 0 aromatic heterocycles. The molecule has 0 spiro atoms. The number of carboxylic acid groups (broad SMARTS) is 1. The Balaban J connectivity index is 0. The first kappa shape index (κ1) is 16.8. The van der Waals surface area contributed by atoms with Crippen LogP contribution >= 0.6 is 0 Å². The van der Waals surface area contributed by atoms with Crippen LogP contribution in [0.2, 0.25) is 0 Å². The molecule has 0 bridgehead atoms. The molecule has 0 saturated carbocycles. The number of piperidine rings is 1. The van der Waals surface area contributed by atoms with Crippen molar-refractivity contribution in [1.82, 2.24) is 4.90 Å². The van der Waals surface area contributed by atoms with Crippen LogP contribution < -0.4 is 0 Å². The Morgan fingerprint density at radius 1 is 1.20 bits per heavy atom. The highest BCUT2D eigenvalue weighted by molar-refractivity contribution is 5.69. The summed E-state index contributed by atoms with van der Waals surface area (Å²) in [5.41, 5.74) is 0. The van der Waals surface area contributed by atoms with Gasteiger partial charge in [-0.25, -0.2) is 0 Å². The fourth-order valence-corrected chi connectivity index (χ4v) is 1.41. The third kappa shape index (κ3) is 9.73. The smallest absolute Gasteiger partial charge is 0.317 e. The summed E-state index contributed by atoms with van der Waals surface area (Å²) in [6, 6.07) is 0. The number of nitrogens with zero attached hydrogens (tertiary/aromatic N) is 1. The molecule has 0 aromatic carbocycles. The van der Waals surface area contributed by atoms with Gasteiger partial charge in [0.15, 0.2) is 0 Å². The van der Waals surface area contributed by atoms with Gasteiger partial charge in [0.25, 0.3) is 0 Å². The lowest BCUT2D eigenvalue weighted by Crippen LogP contribution is -2.36. The van der Waals surface area contributed by atoms with Crippen molar-refractivity contribution in [2.24, 2.45) is 5.92 Å². The van der Waals surface area contributed by atoms with E-state index in [1.54, 1.807) is 0 Å². The van der Waals surface area contributed by atoms with E-state index in [1.165, 1.54) is 0 Å². The third-order valence-corrected chi connectivity index (χ3v) is 2.24. The molecule has 1 aliphatic heterocycles. The summed E-state index contributed by atoms with van der Waals surface area (Å²) < 4.78 is 0. The Bertz CT molecular complexity index is 141.